The number of nitro groups is 1. The second-order valence-electron chi connectivity index (χ2n) is 6.50. The number of nitrogens with zero attached hydrogens (tertiary/aromatic N) is 3. The average Bonchev–Trinajstić information content (AvgIpc) is 2.56. The Morgan fingerprint density at radius 1 is 1.30 bits per heavy atom. The lowest BCUT2D eigenvalue weighted by molar-refractivity contribution is -0.384. The molecule has 2 saturated heterocycles. The fraction of sp³-hybridized carbons (Fsp3) is 0.588. The van der Waals surface area contributed by atoms with Crippen molar-refractivity contribution in [1.29, 1.82) is 0 Å². The zero-order valence-electron chi connectivity index (χ0n) is 13.2. The van der Waals surface area contributed by atoms with E-state index in [1.807, 2.05) is 0 Å². The second kappa shape index (κ2) is 7.08. The Kier molecular flexibility index (Phi) is 4.91. The van der Waals surface area contributed by atoms with Crippen LogP contribution >= 0.6 is 0 Å². The highest BCUT2D eigenvalue weighted by molar-refractivity contribution is 5.84. The molecular formula is C17H23N3O3. The Bertz CT molecular complexity index is 601. The predicted octanol–water partition coefficient (Wildman–Crippen LogP) is 2.98. The van der Waals surface area contributed by atoms with Crippen molar-refractivity contribution in [3.63, 3.8) is 0 Å². The molecule has 2 heterocycles. The van der Waals surface area contributed by atoms with Crippen LogP contribution in [0.25, 0.3) is 0 Å². The van der Waals surface area contributed by atoms with E-state index in [0.29, 0.717) is 17.5 Å². The second-order valence-corrected chi connectivity index (χ2v) is 6.50. The normalized spacial score (nSPS) is 25.4. The van der Waals surface area contributed by atoms with Crippen molar-refractivity contribution >= 4 is 11.9 Å². The highest BCUT2D eigenvalue weighted by Crippen LogP contribution is 2.31. The topological polar surface area (TPSA) is 79.0 Å². The summed E-state index contributed by atoms with van der Waals surface area (Å²) >= 11 is 0. The largest absolute Gasteiger partial charge is 0.507 e. The van der Waals surface area contributed by atoms with Gasteiger partial charge in [0, 0.05) is 36.5 Å². The lowest BCUT2D eigenvalue weighted by Crippen LogP contribution is -2.48. The van der Waals surface area contributed by atoms with Crippen molar-refractivity contribution in [2.24, 2.45) is 10.9 Å². The Morgan fingerprint density at radius 3 is 2.96 bits per heavy atom. The van der Waals surface area contributed by atoms with E-state index in [1.165, 1.54) is 63.4 Å². The summed E-state index contributed by atoms with van der Waals surface area (Å²) in [7, 11) is 0. The monoisotopic (exact) mass is 317 g/mol. The van der Waals surface area contributed by atoms with Crippen LogP contribution in [0, 0.1) is 16.0 Å². The van der Waals surface area contributed by atoms with E-state index in [-0.39, 0.29) is 11.4 Å². The van der Waals surface area contributed by atoms with E-state index in [0.717, 1.165) is 6.54 Å². The van der Waals surface area contributed by atoms with Crippen LogP contribution in [0.1, 0.15) is 37.7 Å². The smallest absolute Gasteiger partial charge is 0.270 e. The van der Waals surface area contributed by atoms with Crippen LogP contribution in [0.3, 0.4) is 0 Å². The van der Waals surface area contributed by atoms with Gasteiger partial charge >= 0.3 is 0 Å². The quantitative estimate of drug-likeness (QED) is 0.526. The van der Waals surface area contributed by atoms with Gasteiger partial charge in [0.1, 0.15) is 5.75 Å². The molecule has 1 aromatic rings. The van der Waals surface area contributed by atoms with Gasteiger partial charge in [-0.05, 0) is 50.8 Å². The number of phenols is 1. The molecular weight excluding hydrogens is 294 g/mol. The molecule has 6 nitrogen and oxygen atoms in total. The zero-order valence-corrected chi connectivity index (χ0v) is 13.2. The van der Waals surface area contributed by atoms with Gasteiger partial charge in [0.2, 0.25) is 0 Å². The highest BCUT2D eigenvalue weighted by atomic mass is 16.6. The summed E-state index contributed by atoms with van der Waals surface area (Å²) in [4.78, 5) is 17.4. The average molecular weight is 317 g/mol. The number of nitro benzene ring substituents is 1. The molecule has 124 valence electrons. The van der Waals surface area contributed by atoms with Crippen LogP contribution in [-0.4, -0.2) is 46.8 Å². The molecule has 3 rings (SSSR count). The molecule has 0 unspecified atom stereocenters. The fourth-order valence-electron chi connectivity index (χ4n) is 3.84. The summed E-state index contributed by atoms with van der Waals surface area (Å²) in [6.07, 6.45) is 7.84. The summed E-state index contributed by atoms with van der Waals surface area (Å²) in [5, 5.41) is 20.6. The first-order valence-electron chi connectivity index (χ1n) is 8.36. The van der Waals surface area contributed by atoms with Crippen molar-refractivity contribution < 1.29 is 10.0 Å². The van der Waals surface area contributed by atoms with E-state index in [2.05, 4.69) is 9.89 Å². The molecule has 0 saturated carbocycles. The van der Waals surface area contributed by atoms with Crippen molar-refractivity contribution in [1.82, 2.24) is 4.90 Å². The molecule has 2 aliphatic heterocycles. The molecule has 1 aromatic carbocycles. The van der Waals surface area contributed by atoms with Gasteiger partial charge in [0.05, 0.1) is 4.92 Å². The lowest BCUT2D eigenvalue weighted by atomic mass is 9.83. The Balaban J connectivity index is 1.66. The lowest BCUT2D eigenvalue weighted by Gasteiger charge is -2.43. The van der Waals surface area contributed by atoms with Gasteiger partial charge in [0.25, 0.3) is 5.69 Å². The molecule has 2 fully saturated rings. The molecule has 2 aliphatic rings. The molecule has 0 spiro atoms. The first-order chi connectivity index (χ1) is 11.1. The minimum atomic E-state index is -0.460. The number of phenolic OH excluding ortho intramolecular Hbond substituents is 1. The van der Waals surface area contributed by atoms with E-state index in [1.54, 1.807) is 6.21 Å². The maximum atomic E-state index is 10.8. The Labute approximate surface area is 136 Å². The number of aliphatic imine (C=N–C) groups is 1. The van der Waals surface area contributed by atoms with Crippen molar-refractivity contribution in [3.8, 4) is 5.75 Å². The number of piperidine rings is 2. The molecule has 6 heteroatoms. The molecule has 23 heavy (non-hydrogen) atoms. The van der Waals surface area contributed by atoms with Gasteiger partial charge in [-0.15, -0.1) is 0 Å². The van der Waals surface area contributed by atoms with Crippen LogP contribution in [0.15, 0.2) is 23.2 Å². The van der Waals surface area contributed by atoms with Gasteiger partial charge in [-0.25, -0.2) is 0 Å². The minimum Gasteiger partial charge on any atom is -0.507 e. The SMILES string of the molecule is O=[N+]([O-])c1ccc(O)c(C=NC[C@@H]2CCCN3CCCC[C@H]23)c1. The number of hydrogen-bond donors (Lipinski definition) is 1. The van der Waals surface area contributed by atoms with Crippen LogP contribution < -0.4 is 0 Å². The van der Waals surface area contributed by atoms with Crippen LogP contribution in [0.4, 0.5) is 5.69 Å². The third kappa shape index (κ3) is 3.69. The minimum absolute atomic E-state index is 0.0274. The van der Waals surface area contributed by atoms with Gasteiger partial charge in [-0.3, -0.25) is 15.1 Å². The number of benzene rings is 1. The Hall–Kier alpha value is -1.95. The molecule has 0 amide bonds. The predicted molar refractivity (Wildman–Crippen MR) is 89.2 cm³/mol. The third-order valence-corrected chi connectivity index (χ3v) is 5.02. The molecule has 0 bridgehead atoms. The maximum absolute atomic E-state index is 10.8. The number of non-ortho nitro benzene ring substituents is 1. The van der Waals surface area contributed by atoms with Crippen LogP contribution in [0.5, 0.6) is 5.75 Å². The fourth-order valence-corrected chi connectivity index (χ4v) is 3.84. The van der Waals surface area contributed by atoms with Gasteiger partial charge in [-0.2, -0.15) is 0 Å². The summed E-state index contributed by atoms with van der Waals surface area (Å²) in [5.41, 5.74) is 0.385. The molecule has 0 radical (unpaired) electrons. The van der Waals surface area contributed by atoms with E-state index < -0.39 is 4.92 Å². The summed E-state index contributed by atoms with van der Waals surface area (Å²) in [6, 6.07) is 4.65. The molecule has 1 N–H and O–H groups in total. The number of aromatic hydroxyl groups is 1. The zero-order chi connectivity index (χ0) is 16.2. The van der Waals surface area contributed by atoms with Gasteiger partial charge in [0.15, 0.2) is 0 Å². The van der Waals surface area contributed by atoms with Crippen LogP contribution in [-0.2, 0) is 0 Å². The van der Waals surface area contributed by atoms with E-state index in [9.17, 15) is 15.2 Å². The van der Waals surface area contributed by atoms with Crippen molar-refractivity contribution in [2.45, 2.75) is 38.1 Å². The van der Waals surface area contributed by atoms with Crippen molar-refractivity contribution in [2.75, 3.05) is 19.6 Å². The number of fused-ring (bicyclic) bond motifs is 1. The van der Waals surface area contributed by atoms with Crippen molar-refractivity contribution in [3.05, 3.63) is 33.9 Å². The molecule has 0 aliphatic carbocycles. The van der Waals surface area contributed by atoms with E-state index in [4.69, 9.17) is 0 Å². The standard InChI is InChI=1S/C17H23N3O3/c21-17-7-6-15(20(22)23)10-14(17)12-18-11-13-4-3-9-19-8-2-1-5-16(13)19/h6-7,10,12-13,16,21H,1-5,8-9,11H2/t13-,16+/m0/s1. The maximum Gasteiger partial charge on any atom is 0.270 e. The van der Waals surface area contributed by atoms with Gasteiger partial charge in [-0.1, -0.05) is 6.42 Å². The van der Waals surface area contributed by atoms with E-state index >= 15 is 0 Å². The number of rotatable bonds is 4. The van der Waals surface area contributed by atoms with Gasteiger partial charge < -0.3 is 10.0 Å². The molecule has 2 atom stereocenters. The highest BCUT2D eigenvalue weighted by Gasteiger charge is 2.32. The summed E-state index contributed by atoms with van der Waals surface area (Å²) in [6.45, 7) is 3.14. The number of hydrogen-bond acceptors (Lipinski definition) is 5. The summed E-state index contributed by atoms with van der Waals surface area (Å²) in [5.74, 6) is 0.587. The Morgan fingerprint density at radius 2 is 2.13 bits per heavy atom. The summed E-state index contributed by atoms with van der Waals surface area (Å²) < 4.78 is 0. The first kappa shape index (κ1) is 15.9. The van der Waals surface area contributed by atoms with Crippen LogP contribution in [0.2, 0.25) is 0 Å². The third-order valence-electron chi connectivity index (χ3n) is 5.02. The first-order valence-corrected chi connectivity index (χ1v) is 8.36. The molecule has 0 aromatic heterocycles.